The summed E-state index contributed by atoms with van der Waals surface area (Å²) >= 11 is 3.56. The Balaban J connectivity index is 2.59. The van der Waals surface area contributed by atoms with Crippen LogP contribution in [0.5, 0.6) is 0 Å². The monoisotopic (exact) mass is 252 g/mol. The molecule has 0 atom stereocenters. The van der Waals surface area contributed by atoms with E-state index in [2.05, 4.69) is 57.3 Å². The van der Waals surface area contributed by atoms with Crippen molar-refractivity contribution in [3.05, 3.63) is 34.4 Å². The van der Waals surface area contributed by atoms with Crippen LogP contribution in [-0.4, -0.2) is 11.6 Å². The number of aryl methyl sites for hydroxylation is 1. The highest BCUT2D eigenvalue weighted by molar-refractivity contribution is 9.10. The summed E-state index contributed by atoms with van der Waals surface area (Å²) in [5.41, 5.74) is 2.57. The van der Waals surface area contributed by atoms with Gasteiger partial charge in [0.2, 0.25) is 0 Å². The van der Waals surface area contributed by atoms with Crippen molar-refractivity contribution in [2.45, 2.75) is 6.54 Å². The fourth-order valence-corrected chi connectivity index (χ4v) is 2.33. The molecule has 74 valence electrons. The molecule has 2 rings (SSSR count). The zero-order valence-electron chi connectivity index (χ0n) is 8.34. The lowest BCUT2D eigenvalue weighted by atomic mass is 10.1. The van der Waals surface area contributed by atoms with Gasteiger partial charge in [-0.15, -0.1) is 0 Å². The summed E-state index contributed by atoms with van der Waals surface area (Å²) in [6, 6.07) is 6.54. The van der Waals surface area contributed by atoms with Crippen LogP contribution in [0.4, 0.5) is 0 Å². The highest BCUT2D eigenvalue weighted by atomic mass is 79.9. The molecule has 0 aliphatic carbocycles. The fraction of sp³-hybridized carbons (Fsp3) is 0.273. The Bertz CT molecular complexity index is 460. The number of fused-ring (bicyclic) bond motifs is 1. The normalized spacial score (nSPS) is 11.1. The van der Waals surface area contributed by atoms with Gasteiger partial charge in [0, 0.05) is 35.2 Å². The quantitative estimate of drug-likeness (QED) is 0.870. The molecule has 1 N–H and O–H groups in total. The molecule has 0 unspecified atom stereocenters. The molecule has 0 amide bonds. The summed E-state index contributed by atoms with van der Waals surface area (Å²) in [5, 5.41) is 4.43. The molecule has 0 saturated heterocycles. The summed E-state index contributed by atoms with van der Waals surface area (Å²) in [6.07, 6.45) is 2.09. The molecule has 3 heteroatoms. The topological polar surface area (TPSA) is 17.0 Å². The first-order chi connectivity index (χ1) is 6.72. The third kappa shape index (κ3) is 1.57. The second kappa shape index (κ2) is 3.75. The second-order valence-electron chi connectivity index (χ2n) is 3.47. The zero-order valence-corrected chi connectivity index (χ0v) is 9.93. The summed E-state index contributed by atoms with van der Waals surface area (Å²) < 4.78 is 3.29. The van der Waals surface area contributed by atoms with Gasteiger partial charge in [-0.1, -0.05) is 6.07 Å². The van der Waals surface area contributed by atoms with E-state index in [0.717, 1.165) is 11.0 Å². The molecule has 0 aliphatic heterocycles. The standard InChI is InChI=1S/C11H13BrN2/c1-13-6-8-3-4-11-9(5-8)10(12)7-14(11)2/h3-5,7,13H,6H2,1-2H3. The van der Waals surface area contributed by atoms with Crippen LogP contribution in [0, 0.1) is 0 Å². The van der Waals surface area contributed by atoms with E-state index in [1.807, 2.05) is 7.05 Å². The maximum atomic E-state index is 3.56. The highest BCUT2D eigenvalue weighted by Crippen LogP contribution is 2.26. The minimum atomic E-state index is 0.914. The van der Waals surface area contributed by atoms with E-state index in [1.54, 1.807) is 0 Å². The lowest BCUT2D eigenvalue weighted by molar-refractivity contribution is 0.819. The molecule has 1 aromatic carbocycles. The van der Waals surface area contributed by atoms with Crippen LogP contribution in [0.25, 0.3) is 10.9 Å². The average molecular weight is 253 g/mol. The molecule has 0 spiro atoms. The Morgan fingerprint density at radius 1 is 1.43 bits per heavy atom. The Kier molecular flexibility index (Phi) is 2.61. The van der Waals surface area contributed by atoms with Crippen LogP contribution in [0.3, 0.4) is 0 Å². The number of benzene rings is 1. The van der Waals surface area contributed by atoms with Gasteiger partial charge in [0.25, 0.3) is 0 Å². The van der Waals surface area contributed by atoms with Gasteiger partial charge >= 0.3 is 0 Å². The van der Waals surface area contributed by atoms with Gasteiger partial charge < -0.3 is 9.88 Å². The SMILES string of the molecule is CNCc1ccc2c(c1)c(Br)cn2C. The Morgan fingerprint density at radius 3 is 2.93 bits per heavy atom. The average Bonchev–Trinajstić information content (AvgIpc) is 2.43. The summed E-state index contributed by atoms with van der Waals surface area (Å²) in [6.45, 7) is 0.914. The van der Waals surface area contributed by atoms with Crippen molar-refractivity contribution in [3.63, 3.8) is 0 Å². The molecule has 0 saturated carbocycles. The first kappa shape index (κ1) is 9.74. The van der Waals surface area contributed by atoms with E-state index in [1.165, 1.54) is 16.5 Å². The summed E-state index contributed by atoms with van der Waals surface area (Å²) in [5.74, 6) is 0. The van der Waals surface area contributed by atoms with Crippen LogP contribution in [0.2, 0.25) is 0 Å². The van der Waals surface area contributed by atoms with Crippen LogP contribution in [-0.2, 0) is 13.6 Å². The molecule has 0 radical (unpaired) electrons. The summed E-state index contributed by atoms with van der Waals surface area (Å²) in [4.78, 5) is 0. The lowest BCUT2D eigenvalue weighted by Crippen LogP contribution is -2.04. The zero-order chi connectivity index (χ0) is 10.1. The smallest absolute Gasteiger partial charge is 0.0489 e. The highest BCUT2D eigenvalue weighted by Gasteiger charge is 2.04. The van der Waals surface area contributed by atoms with Crippen LogP contribution in [0.15, 0.2) is 28.9 Å². The Morgan fingerprint density at radius 2 is 2.21 bits per heavy atom. The predicted octanol–water partition coefficient (Wildman–Crippen LogP) is 2.66. The Hall–Kier alpha value is -0.800. The van der Waals surface area contributed by atoms with Gasteiger partial charge in [-0.3, -0.25) is 0 Å². The van der Waals surface area contributed by atoms with Crippen molar-refractivity contribution in [2.24, 2.45) is 7.05 Å². The van der Waals surface area contributed by atoms with Crippen LogP contribution < -0.4 is 5.32 Å². The molecule has 0 bridgehead atoms. The number of aromatic nitrogens is 1. The van der Waals surface area contributed by atoms with Gasteiger partial charge in [0.1, 0.15) is 0 Å². The second-order valence-corrected chi connectivity index (χ2v) is 4.32. The number of hydrogen-bond donors (Lipinski definition) is 1. The largest absolute Gasteiger partial charge is 0.349 e. The van der Waals surface area contributed by atoms with Gasteiger partial charge in [-0.05, 0) is 40.7 Å². The molecule has 14 heavy (non-hydrogen) atoms. The van der Waals surface area contributed by atoms with Crippen molar-refractivity contribution in [1.82, 2.24) is 9.88 Å². The molecular formula is C11H13BrN2. The van der Waals surface area contributed by atoms with E-state index in [9.17, 15) is 0 Å². The molecule has 1 heterocycles. The van der Waals surface area contributed by atoms with Gasteiger partial charge in [-0.2, -0.15) is 0 Å². The van der Waals surface area contributed by atoms with E-state index >= 15 is 0 Å². The minimum Gasteiger partial charge on any atom is -0.349 e. The first-order valence-electron chi connectivity index (χ1n) is 4.60. The van der Waals surface area contributed by atoms with E-state index in [0.29, 0.717) is 0 Å². The van der Waals surface area contributed by atoms with Crippen molar-refractivity contribution in [1.29, 1.82) is 0 Å². The minimum absolute atomic E-state index is 0.914. The van der Waals surface area contributed by atoms with Crippen molar-refractivity contribution in [2.75, 3.05) is 7.05 Å². The number of nitrogens with one attached hydrogen (secondary N) is 1. The third-order valence-corrected chi connectivity index (χ3v) is 3.02. The third-order valence-electron chi connectivity index (χ3n) is 2.39. The fourth-order valence-electron chi connectivity index (χ4n) is 1.71. The summed E-state index contributed by atoms with van der Waals surface area (Å²) in [7, 11) is 4.02. The van der Waals surface area contributed by atoms with Gasteiger partial charge in [0.15, 0.2) is 0 Å². The molecule has 0 aliphatic rings. The molecule has 1 aromatic heterocycles. The predicted molar refractivity (Wildman–Crippen MR) is 63.4 cm³/mol. The maximum Gasteiger partial charge on any atom is 0.0489 e. The number of hydrogen-bond acceptors (Lipinski definition) is 1. The Labute approximate surface area is 92.0 Å². The van der Waals surface area contributed by atoms with E-state index in [-0.39, 0.29) is 0 Å². The van der Waals surface area contributed by atoms with Crippen molar-refractivity contribution < 1.29 is 0 Å². The van der Waals surface area contributed by atoms with Gasteiger partial charge in [0.05, 0.1) is 0 Å². The molecular weight excluding hydrogens is 240 g/mol. The van der Waals surface area contributed by atoms with Crippen LogP contribution in [0.1, 0.15) is 5.56 Å². The van der Waals surface area contributed by atoms with Crippen molar-refractivity contribution >= 4 is 26.8 Å². The first-order valence-corrected chi connectivity index (χ1v) is 5.39. The van der Waals surface area contributed by atoms with Crippen molar-refractivity contribution in [3.8, 4) is 0 Å². The van der Waals surface area contributed by atoms with Gasteiger partial charge in [-0.25, -0.2) is 0 Å². The maximum absolute atomic E-state index is 3.56. The number of nitrogens with zero attached hydrogens (tertiary/aromatic N) is 1. The van der Waals surface area contributed by atoms with Crippen LogP contribution >= 0.6 is 15.9 Å². The number of rotatable bonds is 2. The lowest BCUT2D eigenvalue weighted by Gasteiger charge is -2.01. The molecule has 0 fully saturated rings. The molecule has 2 aromatic rings. The molecule has 2 nitrogen and oxygen atoms in total. The van der Waals surface area contributed by atoms with E-state index < -0.39 is 0 Å². The van der Waals surface area contributed by atoms with E-state index in [4.69, 9.17) is 0 Å². The number of halogens is 1.